The zero-order chi connectivity index (χ0) is 16.6. The van der Waals surface area contributed by atoms with Crippen molar-refractivity contribution in [1.29, 1.82) is 0 Å². The molecule has 2 atom stereocenters. The van der Waals surface area contributed by atoms with E-state index in [4.69, 9.17) is 0 Å². The molecule has 0 radical (unpaired) electrons. The Bertz CT molecular complexity index is 662. The van der Waals surface area contributed by atoms with Gasteiger partial charge in [-0.25, -0.2) is 4.98 Å². The summed E-state index contributed by atoms with van der Waals surface area (Å²) < 4.78 is 28.1. The van der Waals surface area contributed by atoms with Crippen LogP contribution in [-0.2, 0) is 21.5 Å². The first-order chi connectivity index (χ1) is 10.9. The highest BCUT2D eigenvalue weighted by molar-refractivity contribution is 7.86. The van der Waals surface area contributed by atoms with Crippen LogP contribution < -0.4 is 0 Å². The summed E-state index contributed by atoms with van der Waals surface area (Å²) >= 11 is 1.50. The van der Waals surface area contributed by atoms with Crippen LogP contribution in [0.4, 0.5) is 0 Å². The van der Waals surface area contributed by atoms with Crippen molar-refractivity contribution in [2.75, 3.05) is 26.7 Å². The molecule has 23 heavy (non-hydrogen) atoms. The molecule has 1 aromatic heterocycles. The molecule has 0 saturated carbocycles. The molecular weight excluding hydrogens is 336 g/mol. The SMILES string of the molecule is CCN(C)S(=O)(=O)N1C[C@H]2CC[C@@H](C1)N(Cc1cscn1)C2=O. The number of fused-ring (bicyclic) bond motifs is 4. The number of carbonyl (C=O) groups excluding carboxylic acids is 1. The molecule has 7 nitrogen and oxygen atoms in total. The van der Waals surface area contributed by atoms with Crippen molar-refractivity contribution in [3.05, 3.63) is 16.6 Å². The van der Waals surface area contributed by atoms with Crippen LogP contribution in [-0.4, -0.2) is 65.5 Å². The second-order valence-electron chi connectivity index (χ2n) is 6.11. The highest BCUT2D eigenvalue weighted by Crippen LogP contribution is 2.31. The Hall–Kier alpha value is -1.03. The molecule has 0 aliphatic carbocycles. The van der Waals surface area contributed by atoms with Gasteiger partial charge < -0.3 is 4.90 Å². The maximum atomic E-state index is 12.7. The molecule has 9 heteroatoms. The molecule has 0 aromatic carbocycles. The van der Waals surface area contributed by atoms with Crippen LogP contribution in [0.1, 0.15) is 25.5 Å². The molecule has 0 spiro atoms. The number of carbonyl (C=O) groups is 1. The fourth-order valence-electron chi connectivity index (χ4n) is 3.25. The van der Waals surface area contributed by atoms with E-state index in [9.17, 15) is 13.2 Å². The number of amides is 1. The summed E-state index contributed by atoms with van der Waals surface area (Å²) in [5.74, 6) is -0.182. The first kappa shape index (κ1) is 16.8. The molecule has 1 amide bonds. The smallest absolute Gasteiger partial charge is 0.281 e. The molecule has 4 heterocycles. The van der Waals surface area contributed by atoms with Gasteiger partial charge in [-0.3, -0.25) is 4.79 Å². The predicted molar refractivity (Wildman–Crippen MR) is 88.0 cm³/mol. The second-order valence-corrected chi connectivity index (χ2v) is 8.87. The average molecular weight is 358 g/mol. The van der Waals surface area contributed by atoms with Crippen LogP contribution in [0, 0.1) is 5.92 Å². The summed E-state index contributed by atoms with van der Waals surface area (Å²) in [5.41, 5.74) is 2.62. The molecule has 3 saturated heterocycles. The molecule has 3 aliphatic rings. The molecule has 3 fully saturated rings. The van der Waals surface area contributed by atoms with E-state index in [0.29, 0.717) is 19.6 Å². The summed E-state index contributed by atoms with van der Waals surface area (Å²) in [5, 5.41) is 1.94. The van der Waals surface area contributed by atoms with E-state index in [2.05, 4.69) is 4.98 Å². The summed E-state index contributed by atoms with van der Waals surface area (Å²) in [6.07, 6.45) is 1.61. The van der Waals surface area contributed by atoms with Crippen molar-refractivity contribution in [3.63, 3.8) is 0 Å². The van der Waals surface area contributed by atoms with E-state index >= 15 is 0 Å². The van der Waals surface area contributed by atoms with Crippen molar-refractivity contribution in [2.24, 2.45) is 5.92 Å². The summed E-state index contributed by atoms with van der Waals surface area (Å²) in [6.45, 7) is 3.37. The largest absolute Gasteiger partial charge is 0.332 e. The minimum atomic E-state index is -3.50. The van der Waals surface area contributed by atoms with Crippen molar-refractivity contribution in [3.8, 4) is 0 Å². The minimum Gasteiger partial charge on any atom is -0.332 e. The van der Waals surface area contributed by atoms with Gasteiger partial charge in [-0.05, 0) is 12.8 Å². The summed E-state index contributed by atoms with van der Waals surface area (Å²) in [7, 11) is -1.92. The third-order valence-electron chi connectivity index (χ3n) is 4.74. The van der Waals surface area contributed by atoms with Crippen molar-refractivity contribution in [2.45, 2.75) is 32.4 Å². The average Bonchev–Trinajstić information content (AvgIpc) is 2.89. The molecule has 2 bridgehead atoms. The van der Waals surface area contributed by atoms with E-state index in [1.165, 1.54) is 19.9 Å². The normalized spacial score (nSPS) is 26.0. The molecule has 0 N–H and O–H groups in total. The molecule has 0 unspecified atom stereocenters. The van der Waals surface area contributed by atoms with E-state index in [-0.39, 0.29) is 24.4 Å². The van der Waals surface area contributed by atoms with Crippen molar-refractivity contribution in [1.82, 2.24) is 18.5 Å². The third-order valence-corrected chi connectivity index (χ3v) is 7.37. The Kier molecular flexibility index (Phi) is 4.73. The van der Waals surface area contributed by atoms with Gasteiger partial charge in [0.2, 0.25) is 5.91 Å². The number of piperidine rings is 1. The topological polar surface area (TPSA) is 73.8 Å². The molecule has 128 valence electrons. The first-order valence-corrected chi connectivity index (χ1v) is 10.2. The van der Waals surface area contributed by atoms with Crippen molar-refractivity contribution < 1.29 is 13.2 Å². The van der Waals surface area contributed by atoms with Gasteiger partial charge in [-0.1, -0.05) is 6.92 Å². The fourth-order valence-corrected chi connectivity index (χ4v) is 5.25. The minimum absolute atomic E-state index is 0.0612. The standard InChI is InChI=1S/C14H22N4O3S2/c1-3-16(2)23(20,21)17-6-11-4-5-13(8-17)18(14(11)19)7-12-9-22-10-15-12/h9-11,13H,3-8H2,1-2H3/t11-,13+/m1/s1. The van der Waals surface area contributed by atoms with Crippen molar-refractivity contribution >= 4 is 27.5 Å². The van der Waals surface area contributed by atoms with Gasteiger partial charge in [0.25, 0.3) is 10.2 Å². The lowest BCUT2D eigenvalue weighted by atomic mass is 9.94. The van der Waals surface area contributed by atoms with E-state index in [1.54, 1.807) is 12.6 Å². The summed E-state index contributed by atoms with van der Waals surface area (Å²) in [6, 6.07) is -0.0667. The Balaban J connectivity index is 1.83. The molecular formula is C14H22N4O3S2. The van der Waals surface area contributed by atoms with Crippen LogP contribution in [0.5, 0.6) is 0 Å². The number of aromatic nitrogens is 1. The fraction of sp³-hybridized carbons (Fsp3) is 0.714. The molecule has 1 aromatic rings. The summed E-state index contributed by atoms with van der Waals surface area (Å²) in [4.78, 5) is 18.8. The highest BCUT2D eigenvalue weighted by atomic mass is 32.2. The van der Waals surface area contributed by atoms with E-state index in [0.717, 1.165) is 18.5 Å². The van der Waals surface area contributed by atoms with Crippen LogP contribution in [0.2, 0.25) is 0 Å². The van der Waals surface area contributed by atoms with Crippen LogP contribution in [0.15, 0.2) is 10.9 Å². The number of rotatable bonds is 5. The Morgan fingerprint density at radius 1 is 1.39 bits per heavy atom. The Labute approximate surface area is 141 Å². The maximum absolute atomic E-state index is 12.7. The van der Waals surface area contributed by atoms with E-state index in [1.807, 2.05) is 17.2 Å². The first-order valence-electron chi connectivity index (χ1n) is 7.82. The second kappa shape index (κ2) is 6.46. The lowest BCUT2D eigenvalue weighted by Gasteiger charge is -2.35. The highest BCUT2D eigenvalue weighted by Gasteiger charge is 2.44. The Morgan fingerprint density at radius 3 is 2.83 bits per heavy atom. The monoisotopic (exact) mass is 358 g/mol. The number of hydrogen-bond acceptors (Lipinski definition) is 5. The van der Waals surface area contributed by atoms with Gasteiger partial charge in [-0.2, -0.15) is 17.0 Å². The lowest BCUT2D eigenvalue weighted by Crippen LogP contribution is -2.48. The van der Waals surface area contributed by atoms with Gasteiger partial charge >= 0.3 is 0 Å². The van der Waals surface area contributed by atoms with Gasteiger partial charge in [-0.15, -0.1) is 11.3 Å². The number of hydrogen-bond donors (Lipinski definition) is 0. The van der Waals surface area contributed by atoms with Gasteiger partial charge in [0, 0.05) is 38.1 Å². The van der Waals surface area contributed by atoms with Crippen LogP contribution in [0.25, 0.3) is 0 Å². The molecule has 3 aliphatic heterocycles. The Morgan fingerprint density at radius 2 is 2.17 bits per heavy atom. The van der Waals surface area contributed by atoms with Gasteiger partial charge in [0.1, 0.15) is 0 Å². The number of nitrogens with zero attached hydrogens (tertiary/aromatic N) is 4. The molecule has 4 rings (SSSR count). The number of thiazole rings is 1. The predicted octanol–water partition coefficient (Wildman–Crippen LogP) is 0.762. The maximum Gasteiger partial charge on any atom is 0.281 e. The van der Waals surface area contributed by atoms with Gasteiger partial charge in [0.05, 0.1) is 23.7 Å². The quantitative estimate of drug-likeness (QED) is 0.779. The van der Waals surface area contributed by atoms with E-state index < -0.39 is 10.2 Å². The van der Waals surface area contributed by atoms with Crippen LogP contribution >= 0.6 is 11.3 Å². The van der Waals surface area contributed by atoms with Crippen LogP contribution in [0.3, 0.4) is 0 Å². The zero-order valence-electron chi connectivity index (χ0n) is 13.4. The lowest BCUT2D eigenvalue weighted by molar-refractivity contribution is -0.140. The van der Waals surface area contributed by atoms with Gasteiger partial charge in [0.15, 0.2) is 0 Å². The zero-order valence-corrected chi connectivity index (χ0v) is 15.0. The third kappa shape index (κ3) is 3.15.